The molecule has 1 rings (SSSR count). The van der Waals surface area contributed by atoms with Crippen LogP contribution in [0.1, 0.15) is 10.8 Å². The predicted molar refractivity (Wildman–Crippen MR) is 60.6 cm³/mol. The number of nitrogens with two attached hydrogens (primary N) is 1. The largest absolute Gasteiger partial charge is 0.468 e. The summed E-state index contributed by atoms with van der Waals surface area (Å²) in [5.41, 5.74) is 6.81. The van der Waals surface area contributed by atoms with Gasteiger partial charge in [0.25, 0.3) is 0 Å². The Bertz CT molecular complexity index is 274. The van der Waals surface area contributed by atoms with Crippen LogP contribution < -0.4 is 5.73 Å². The van der Waals surface area contributed by atoms with E-state index >= 15 is 0 Å². The minimum Gasteiger partial charge on any atom is -0.468 e. The molecule has 0 amide bonds. The Morgan fingerprint density at radius 1 is 1.79 bits per heavy atom. The minimum atomic E-state index is -0.205. The van der Waals surface area contributed by atoms with Gasteiger partial charge in [0.1, 0.15) is 0 Å². The van der Waals surface area contributed by atoms with E-state index in [4.69, 9.17) is 5.73 Å². The van der Waals surface area contributed by atoms with Gasteiger partial charge in [-0.1, -0.05) is 0 Å². The highest BCUT2D eigenvalue weighted by atomic mass is 32.2. The van der Waals surface area contributed by atoms with Crippen molar-refractivity contribution in [1.82, 2.24) is 0 Å². The number of thioether (sulfide) groups is 1. The van der Waals surface area contributed by atoms with Gasteiger partial charge in [0, 0.05) is 11.8 Å². The number of carbonyl (C=O) groups excluding carboxylic acids is 1. The van der Waals surface area contributed by atoms with Crippen molar-refractivity contribution in [3.05, 3.63) is 22.4 Å². The quantitative estimate of drug-likeness (QED) is 0.783. The van der Waals surface area contributed by atoms with E-state index in [2.05, 4.69) is 10.1 Å². The first-order chi connectivity index (χ1) is 6.77. The maximum Gasteiger partial charge on any atom is 0.315 e. The van der Waals surface area contributed by atoms with Gasteiger partial charge in [-0.05, 0) is 22.4 Å². The molecule has 0 fully saturated rings. The van der Waals surface area contributed by atoms with Crippen molar-refractivity contribution >= 4 is 29.1 Å². The smallest absolute Gasteiger partial charge is 0.315 e. The lowest BCUT2D eigenvalue weighted by Gasteiger charge is -2.11. The lowest BCUT2D eigenvalue weighted by atomic mass is 10.2. The highest BCUT2D eigenvalue weighted by molar-refractivity contribution is 8.00. The van der Waals surface area contributed by atoms with E-state index in [0.29, 0.717) is 12.3 Å². The predicted octanol–water partition coefficient (Wildman–Crippen LogP) is 1.65. The van der Waals surface area contributed by atoms with Crippen LogP contribution in [0.25, 0.3) is 0 Å². The summed E-state index contributed by atoms with van der Waals surface area (Å²) in [6, 6.07) is 2.03. The van der Waals surface area contributed by atoms with E-state index in [1.165, 1.54) is 24.4 Å². The molecule has 0 aromatic carbocycles. The fourth-order valence-electron chi connectivity index (χ4n) is 0.986. The van der Waals surface area contributed by atoms with Crippen LogP contribution >= 0.6 is 23.1 Å². The summed E-state index contributed by atoms with van der Waals surface area (Å²) < 4.78 is 4.56. The summed E-state index contributed by atoms with van der Waals surface area (Å²) in [6.45, 7) is 0.540. The molecule has 0 saturated heterocycles. The number of hydrogen-bond acceptors (Lipinski definition) is 5. The molecule has 0 aliphatic carbocycles. The molecule has 3 nitrogen and oxygen atoms in total. The van der Waals surface area contributed by atoms with Crippen LogP contribution in [0, 0.1) is 0 Å². The first-order valence-electron chi connectivity index (χ1n) is 4.18. The molecule has 14 heavy (non-hydrogen) atoms. The van der Waals surface area contributed by atoms with Crippen LogP contribution in [-0.2, 0) is 9.53 Å². The molecule has 2 N–H and O–H groups in total. The Labute approximate surface area is 91.6 Å². The Kier molecular flexibility index (Phi) is 5.00. The van der Waals surface area contributed by atoms with E-state index in [-0.39, 0.29) is 11.2 Å². The van der Waals surface area contributed by atoms with E-state index < -0.39 is 0 Å². The van der Waals surface area contributed by atoms with E-state index in [0.717, 1.165) is 0 Å². The second kappa shape index (κ2) is 6.06. The van der Waals surface area contributed by atoms with Crippen molar-refractivity contribution < 1.29 is 9.53 Å². The molecule has 0 radical (unpaired) electrons. The van der Waals surface area contributed by atoms with Crippen LogP contribution in [0.5, 0.6) is 0 Å². The van der Waals surface area contributed by atoms with E-state index in [9.17, 15) is 4.79 Å². The zero-order valence-corrected chi connectivity index (χ0v) is 9.57. The normalized spacial score (nSPS) is 12.4. The van der Waals surface area contributed by atoms with Gasteiger partial charge in [-0.25, -0.2) is 0 Å². The second-order valence-corrected chi connectivity index (χ2v) is 4.64. The monoisotopic (exact) mass is 231 g/mol. The molecular formula is C9H13NO2S2. The van der Waals surface area contributed by atoms with Gasteiger partial charge in [-0.3, -0.25) is 4.79 Å². The Morgan fingerprint density at radius 3 is 3.07 bits per heavy atom. The van der Waals surface area contributed by atoms with Crippen LogP contribution in [0.3, 0.4) is 0 Å². The summed E-state index contributed by atoms with van der Waals surface area (Å²) >= 11 is 3.16. The van der Waals surface area contributed by atoms with Gasteiger partial charge in [-0.15, -0.1) is 11.8 Å². The molecule has 0 aliphatic heterocycles. The van der Waals surface area contributed by atoms with Crippen molar-refractivity contribution in [1.29, 1.82) is 0 Å². The van der Waals surface area contributed by atoms with Crippen molar-refractivity contribution in [2.24, 2.45) is 5.73 Å². The summed E-state index contributed by atoms with van der Waals surface area (Å²) in [5, 5.41) is 4.26. The standard InChI is InChI=1S/C9H13NO2S2/c1-12-9(11)6-14-8(4-10)7-2-3-13-5-7/h2-3,5,8H,4,6,10H2,1H3. The van der Waals surface area contributed by atoms with E-state index in [1.54, 1.807) is 11.3 Å². The number of thiophene rings is 1. The molecule has 0 spiro atoms. The van der Waals surface area contributed by atoms with E-state index in [1.807, 2.05) is 11.4 Å². The third kappa shape index (κ3) is 3.32. The number of esters is 1. The maximum absolute atomic E-state index is 10.9. The Morgan fingerprint density at radius 2 is 2.57 bits per heavy atom. The summed E-state index contributed by atoms with van der Waals surface area (Å²) in [4.78, 5) is 10.9. The highest BCUT2D eigenvalue weighted by Gasteiger charge is 2.12. The van der Waals surface area contributed by atoms with Crippen molar-refractivity contribution in [2.75, 3.05) is 19.4 Å². The molecule has 1 heterocycles. The zero-order valence-electron chi connectivity index (χ0n) is 7.93. The maximum atomic E-state index is 10.9. The molecule has 78 valence electrons. The number of rotatable bonds is 5. The fourth-order valence-corrected chi connectivity index (χ4v) is 2.72. The molecule has 0 bridgehead atoms. The van der Waals surface area contributed by atoms with Crippen molar-refractivity contribution in [3.63, 3.8) is 0 Å². The third-order valence-corrected chi connectivity index (χ3v) is 3.73. The number of hydrogen-bond donors (Lipinski definition) is 1. The Balaban J connectivity index is 2.44. The highest BCUT2D eigenvalue weighted by Crippen LogP contribution is 2.29. The van der Waals surface area contributed by atoms with Crippen molar-refractivity contribution in [3.8, 4) is 0 Å². The molecule has 0 aliphatic rings. The molecule has 0 saturated carbocycles. The van der Waals surface area contributed by atoms with Gasteiger partial charge < -0.3 is 10.5 Å². The van der Waals surface area contributed by atoms with Gasteiger partial charge >= 0.3 is 5.97 Å². The first-order valence-corrected chi connectivity index (χ1v) is 6.17. The average molecular weight is 231 g/mol. The summed E-state index contributed by atoms with van der Waals surface area (Å²) in [7, 11) is 1.39. The first kappa shape index (κ1) is 11.6. The molecule has 1 unspecified atom stereocenters. The number of carbonyl (C=O) groups is 1. The second-order valence-electron chi connectivity index (χ2n) is 2.67. The fraction of sp³-hybridized carbons (Fsp3) is 0.444. The topological polar surface area (TPSA) is 52.3 Å². The minimum absolute atomic E-state index is 0.195. The van der Waals surface area contributed by atoms with Gasteiger partial charge in [-0.2, -0.15) is 11.3 Å². The Hall–Kier alpha value is -0.520. The zero-order chi connectivity index (χ0) is 10.4. The summed E-state index contributed by atoms with van der Waals surface area (Å²) in [6.07, 6.45) is 0. The molecule has 1 aromatic heterocycles. The molecule has 1 aromatic rings. The average Bonchev–Trinajstić information content (AvgIpc) is 2.72. The van der Waals surface area contributed by atoms with Crippen LogP contribution in [0.4, 0.5) is 0 Å². The SMILES string of the molecule is COC(=O)CSC(CN)c1ccsc1. The van der Waals surface area contributed by atoms with Crippen LogP contribution in [0.15, 0.2) is 16.8 Å². The lowest BCUT2D eigenvalue weighted by Crippen LogP contribution is -2.12. The number of ether oxygens (including phenoxy) is 1. The van der Waals surface area contributed by atoms with Crippen LogP contribution in [0.2, 0.25) is 0 Å². The van der Waals surface area contributed by atoms with Crippen molar-refractivity contribution in [2.45, 2.75) is 5.25 Å². The van der Waals surface area contributed by atoms with Gasteiger partial charge in [0.05, 0.1) is 12.9 Å². The third-order valence-electron chi connectivity index (χ3n) is 1.76. The molecule has 5 heteroatoms. The summed E-state index contributed by atoms with van der Waals surface area (Å²) in [5.74, 6) is 0.150. The van der Waals surface area contributed by atoms with Gasteiger partial charge in [0.15, 0.2) is 0 Å². The van der Waals surface area contributed by atoms with Gasteiger partial charge in [0.2, 0.25) is 0 Å². The number of methoxy groups -OCH3 is 1. The molecule has 1 atom stereocenters. The lowest BCUT2D eigenvalue weighted by molar-refractivity contribution is -0.137. The molecular weight excluding hydrogens is 218 g/mol. The van der Waals surface area contributed by atoms with Crippen LogP contribution in [-0.4, -0.2) is 25.4 Å².